The number of methoxy groups -OCH3 is 3. The Morgan fingerprint density at radius 1 is 1.09 bits per heavy atom. The molecule has 2 heterocycles. The van der Waals surface area contributed by atoms with Crippen molar-refractivity contribution < 1.29 is 19.0 Å². The number of rotatable bonds is 6. The predicted molar refractivity (Wildman–Crippen MR) is 120 cm³/mol. The van der Waals surface area contributed by atoms with Gasteiger partial charge >= 0.3 is 0 Å². The van der Waals surface area contributed by atoms with Crippen LogP contribution in [0.25, 0.3) is 11.4 Å². The Morgan fingerprint density at radius 3 is 2.25 bits per heavy atom. The number of ether oxygens (including phenoxy) is 3. The quantitative estimate of drug-likeness (QED) is 0.585. The van der Waals surface area contributed by atoms with Crippen LogP contribution in [0.2, 0.25) is 5.02 Å². The zero-order chi connectivity index (χ0) is 23.0. The fraction of sp³-hybridized carbons (Fsp3) is 0.227. The Balaban J connectivity index is 1.92. The lowest BCUT2D eigenvalue weighted by atomic mass is 9.94. The van der Waals surface area contributed by atoms with Crippen LogP contribution in [0.15, 0.2) is 47.7 Å². The summed E-state index contributed by atoms with van der Waals surface area (Å²) in [6, 6.07) is 10.0. The zero-order valence-electron chi connectivity index (χ0n) is 18.0. The van der Waals surface area contributed by atoms with Gasteiger partial charge in [-0.3, -0.25) is 4.79 Å². The Hall–Kier alpha value is -3.72. The van der Waals surface area contributed by atoms with Crippen LogP contribution in [-0.2, 0) is 4.79 Å². The number of fused-ring (bicyclic) bond motifs is 1. The van der Waals surface area contributed by atoms with E-state index < -0.39 is 11.9 Å². The van der Waals surface area contributed by atoms with Crippen LogP contribution >= 0.6 is 11.6 Å². The minimum absolute atomic E-state index is 0.347. The first-order valence-electron chi connectivity index (χ1n) is 9.67. The number of nitrogens with one attached hydrogen (secondary N) is 1. The van der Waals surface area contributed by atoms with Gasteiger partial charge in [-0.15, -0.1) is 5.10 Å². The van der Waals surface area contributed by atoms with Crippen molar-refractivity contribution in [1.82, 2.24) is 14.8 Å². The van der Waals surface area contributed by atoms with Crippen LogP contribution < -0.4 is 25.3 Å². The Kier molecular flexibility index (Phi) is 5.67. The second-order valence-corrected chi connectivity index (χ2v) is 7.54. The highest BCUT2D eigenvalue weighted by atomic mass is 35.5. The van der Waals surface area contributed by atoms with E-state index in [2.05, 4.69) is 15.4 Å². The summed E-state index contributed by atoms with van der Waals surface area (Å²) in [4.78, 5) is 17.1. The topological polar surface area (TPSA) is 114 Å². The van der Waals surface area contributed by atoms with Gasteiger partial charge < -0.3 is 25.3 Å². The number of nitrogens with zero attached hydrogens (tertiary/aromatic N) is 3. The van der Waals surface area contributed by atoms with Gasteiger partial charge in [-0.2, -0.15) is 4.98 Å². The van der Waals surface area contributed by atoms with Gasteiger partial charge in [0.2, 0.25) is 17.6 Å². The maximum Gasteiger partial charge on any atom is 0.248 e. The largest absolute Gasteiger partial charge is 0.493 e. The molecule has 1 atom stereocenters. The molecule has 9 nitrogen and oxygen atoms in total. The summed E-state index contributed by atoms with van der Waals surface area (Å²) in [7, 11) is 4.58. The average molecular weight is 456 g/mol. The number of benzene rings is 2. The number of hydrogen-bond acceptors (Lipinski definition) is 7. The Bertz CT molecular complexity index is 1190. The van der Waals surface area contributed by atoms with Crippen LogP contribution in [0, 0.1) is 0 Å². The van der Waals surface area contributed by atoms with Crippen LogP contribution in [-0.4, -0.2) is 42.0 Å². The first-order chi connectivity index (χ1) is 15.4. The summed E-state index contributed by atoms with van der Waals surface area (Å²) < 4.78 is 18.0. The molecule has 0 fully saturated rings. The van der Waals surface area contributed by atoms with Gasteiger partial charge in [0, 0.05) is 16.3 Å². The van der Waals surface area contributed by atoms with Gasteiger partial charge in [0.15, 0.2) is 17.3 Å². The molecular weight excluding hydrogens is 434 g/mol. The molecule has 2 aromatic carbocycles. The minimum atomic E-state index is -0.661. The lowest BCUT2D eigenvalue weighted by Crippen LogP contribution is -2.31. The van der Waals surface area contributed by atoms with Gasteiger partial charge in [0.1, 0.15) is 6.04 Å². The summed E-state index contributed by atoms with van der Waals surface area (Å²) >= 11 is 6.01. The molecule has 1 aromatic heterocycles. The molecule has 1 aliphatic heterocycles. The molecular formula is C22H22ClN5O4. The van der Waals surface area contributed by atoms with E-state index in [-0.39, 0.29) is 0 Å². The summed E-state index contributed by atoms with van der Waals surface area (Å²) in [5.74, 6) is 1.69. The Labute approximate surface area is 189 Å². The fourth-order valence-corrected chi connectivity index (χ4v) is 3.88. The second-order valence-electron chi connectivity index (χ2n) is 7.10. The molecule has 10 heteroatoms. The van der Waals surface area contributed by atoms with Crippen LogP contribution in [0.5, 0.6) is 17.2 Å². The van der Waals surface area contributed by atoms with Gasteiger partial charge in [-0.1, -0.05) is 11.6 Å². The van der Waals surface area contributed by atoms with Gasteiger partial charge in [-0.25, -0.2) is 4.68 Å². The van der Waals surface area contributed by atoms with E-state index in [1.165, 1.54) is 21.3 Å². The molecule has 4 rings (SSSR count). The number of hydrogen-bond donors (Lipinski definition) is 2. The average Bonchev–Trinajstić information content (AvgIpc) is 3.20. The van der Waals surface area contributed by atoms with E-state index in [9.17, 15) is 4.79 Å². The third-order valence-corrected chi connectivity index (χ3v) is 5.48. The number of primary amides is 1. The number of allylic oxidation sites excluding steroid dienone is 1. The maximum atomic E-state index is 12.5. The van der Waals surface area contributed by atoms with E-state index in [0.717, 1.165) is 5.56 Å². The van der Waals surface area contributed by atoms with E-state index in [0.29, 0.717) is 50.9 Å². The highest BCUT2D eigenvalue weighted by Crippen LogP contribution is 2.44. The van der Waals surface area contributed by atoms with Crippen molar-refractivity contribution in [2.24, 2.45) is 5.73 Å². The molecule has 0 spiro atoms. The maximum absolute atomic E-state index is 12.5. The zero-order valence-corrected chi connectivity index (χ0v) is 18.7. The molecule has 0 bridgehead atoms. The number of carbonyl (C=O) groups is 1. The lowest BCUT2D eigenvalue weighted by molar-refractivity contribution is -0.115. The molecule has 1 aliphatic rings. The first kappa shape index (κ1) is 21.5. The molecule has 0 saturated heterocycles. The van der Waals surface area contributed by atoms with Crippen molar-refractivity contribution in [2.75, 3.05) is 26.6 Å². The molecule has 166 valence electrons. The first-order valence-corrected chi connectivity index (χ1v) is 10.1. The van der Waals surface area contributed by atoms with Crippen molar-refractivity contribution in [3.63, 3.8) is 0 Å². The van der Waals surface area contributed by atoms with E-state index in [1.807, 2.05) is 12.1 Å². The number of nitrogens with two attached hydrogens (primary N) is 1. The molecule has 0 saturated carbocycles. The predicted octanol–water partition coefficient (Wildman–Crippen LogP) is 3.40. The van der Waals surface area contributed by atoms with Crippen molar-refractivity contribution in [3.8, 4) is 28.6 Å². The van der Waals surface area contributed by atoms with Crippen molar-refractivity contribution in [1.29, 1.82) is 0 Å². The van der Waals surface area contributed by atoms with E-state index in [4.69, 9.17) is 31.5 Å². The normalized spacial score (nSPS) is 15.1. The van der Waals surface area contributed by atoms with Crippen molar-refractivity contribution in [2.45, 2.75) is 13.0 Å². The molecule has 0 aliphatic carbocycles. The summed E-state index contributed by atoms with van der Waals surface area (Å²) in [5, 5.41) is 8.41. The van der Waals surface area contributed by atoms with Gasteiger partial charge in [-0.05, 0) is 48.9 Å². The third kappa shape index (κ3) is 3.60. The number of carbonyl (C=O) groups excluding carboxylic acids is 1. The number of anilines is 1. The molecule has 3 aromatic rings. The van der Waals surface area contributed by atoms with Gasteiger partial charge in [0.25, 0.3) is 0 Å². The molecule has 3 N–H and O–H groups in total. The standard InChI is InChI=1S/C22H22ClN5O4/c1-11-17(20(24)29)18(13-9-15(30-2)19(32-4)16(10-13)31-3)28-22(25-11)26-21(27-28)12-5-7-14(23)8-6-12/h5-10,18H,1-4H3,(H2,24,29)(H,25,26,27). The summed E-state index contributed by atoms with van der Waals surface area (Å²) in [6.07, 6.45) is 0. The SMILES string of the molecule is COc1cc(C2C(C(N)=O)=C(C)Nc3nc(-c4ccc(Cl)cc4)nn32)cc(OC)c1OC. The van der Waals surface area contributed by atoms with Crippen molar-refractivity contribution >= 4 is 23.5 Å². The highest BCUT2D eigenvalue weighted by Gasteiger charge is 2.34. The number of halogens is 1. The van der Waals surface area contributed by atoms with Crippen LogP contribution in [0.3, 0.4) is 0 Å². The number of amides is 1. The summed E-state index contributed by atoms with van der Waals surface area (Å²) in [5.41, 5.74) is 8.15. The molecule has 0 radical (unpaired) electrons. The second kappa shape index (κ2) is 8.43. The van der Waals surface area contributed by atoms with E-state index in [1.54, 1.807) is 35.9 Å². The van der Waals surface area contributed by atoms with Crippen LogP contribution in [0.1, 0.15) is 18.5 Å². The Morgan fingerprint density at radius 2 is 1.72 bits per heavy atom. The highest BCUT2D eigenvalue weighted by molar-refractivity contribution is 6.30. The molecule has 1 amide bonds. The minimum Gasteiger partial charge on any atom is -0.493 e. The lowest BCUT2D eigenvalue weighted by Gasteiger charge is -2.28. The van der Waals surface area contributed by atoms with Crippen molar-refractivity contribution in [3.05, 3.63) is 58.3 Å². The summed E-state index contributed by atoms with van der Waals surface area (Å²) in [6.45, 7) is 1.77. The van der Waals surface area contributed by atoms with E-state index >= 15 is 0 Å². The monoisotopic (exact) mass is 455 g/mol. The smallest absolute Gasteiger partial charge is 0.248 e. The third-order valence-electron chi connectivity index (χ3n) is 5.22. The number of aromatic nitrogens is 3. The molecule has 32 heavy (non-hydrogen) atoms. The fourth-order valence-electron chi connectivity index (χ4n) is 3.76. The van der Waals surface area contributed by atoms with Crippen LogP contribution in [0.4, 0.5) is 5.95 Å². The molecule has 1 unspecified atom stereocenters. The van der Waals surface area contributed by atoms with Gasteiger partial charge in [0.05, 0.1) is 26.9 Å².